The Bertz CT molecular complexity index is 694. The van der Waals surface area contributed by atoms with Gasteiger partial charge in [-0.15, -0.1) is 0 Å². The van der Waals surface area contributed by atoms with Gasteiger partial charge >= 0.3 is 0 Å². The van der Waals surface area contributed by atoms with Crippen LogP contribution in [0, 0.1) is 6.07 Å². The number of aliphatic imine (C=N–C) groups is 1. The molecule has 1 unspecified atom stereocenters. The fraction of sp³-hybridized carbons (Fsp3) is 0.176. The van der Waals surface area contributed by atoms with E-state index in [1.165, 1.54) is 0 Å². The quantitative estimate of drug-likeness (QED) is 0.907. The van der Waals surface area contributed by atoms with Crippen LogP contribution in [0.25, 0.3) is 0 Å². The van der Waals surface area contributed by atoms with E-state index in [1.54, 1.807) is 0 Å². The van der Waals surface area contributed by atoms with Crippen molar-refractivity contribution < 1.29 is 4.79 Å². The summed E-state index contributed by atoms with van der Waals surface area (Å²) in [5.41, 5.74) is 9.32. The van der Waals surface area contributed by atoms with Crippen LogP contribution in [0.4, 0.5) is 5.69 Å². The molecule has 1 aliphatic rings. The lowest BCUT2D eigenvalue weighted by Gasteiger charge is -2.26. The molecule has 1 heterocycles. The summed E-state index contributed by atoms with van der Waals surface area (Å²) >= 11 is 0. The highest BCUT2D eigenvalue weighted by Crippen LogP contribution is 2.27. The van der Waals surface area contributed by atoms with Gasteiger partial charge in [0.05, 0.1) is 12.3 Å². The first-order valence-electron chi connectivity index (χ1n) is 6.81. The first-order chi connectivity index (χ1) is 10.2. The molecule has 1 amide bonds. The SMILES string of the molecule is CN1c2cc[c]cc2C(c2ccccc2)=NCC1C(N)=O. The molecular weight excluding hydrogens is 262 g/mol. The third-order valence-electron chi connectivity index (χ3n) is 3.74. The van der Waals surface area contributed by atoms with Gasteiger partial charge in [0.15, 0.2) is 0 Å². The van der Waals surface area contributed by atoms with Gasteiger partial charge in [-0.25, -0.2) is 0 Å². The lowest BCUT2D eigenvalue weighted by molar-refractivity contribution is -0.119. The van der Waals surface area contributed by atoms with Crippen LogP contribution >= 0.6 is 0 Å². The Kier molecular flexibility index (Phi) is 3.44. The molecule has 2 aromatic carbocycles. The smallest absolute Gasteiger partial charge is 0.242 e. The number of likely N-dealkylation sites (N-methyl/N-ethyl adjacent to an activating group) is 1. The van der Waals surface area contributed by atoms with Crippen LogP contribution < -0.4 is 10.6 Å². The number of nitrogens with zero attached hydrogens (tertiary/aromatic N) is 2. The minimum absolute atomic E-state index is 0.352. The third-order valence-corrected chi connectivity index (χ3v) is 3.74. The van der Waals surface area contributed by atoms with Gasteiger partial charge in [0, 0.05) is 23.9 Å². The number of anilines is 1. The van der Waals surface area contributed by atoms with E-state index in [4.69, 9.17) is 5.73 Å². The molecule has 4 nitrogen and oxygen atoms in total. The Labute approximate surface area is 123 Å². The van der Waals surface area contributed by atoms with Crippen LogP contribution in [-0.2, 0) is 4.79 Å². The number of rotatable bonds is 2. The maximum absolute atomic E-state index is 11.7. The van der Waals surface area contributed by atoms with Gasteiger partial charge in [-0.2, -0.15) is 0 Å². The summed E-state index contributed by atoms with van der Waals surface area (Å²) in [6.45, 7) is 0.352. The van der Waals surface area contributed by atoms with Crippen LogP contribution in [-0.4, -0.2) is 31.3 Å². The second-order valence-electron chi connectivity index (χ2n) is 5.03. The molecule has 1 aliphatic heterocycles. The van der Waals surface area contributed by atoms with Crippen molar-refractivity contribution in [2.24, 2.45) is 10.7 Å². The monoisotopic (exact) mass is 278 g/mol. The molecule has 0 aromatic heterocycles. The van der Waals surface area contributed by atoms with Gasteiger partial charge in [-0.1, -0.05) is 36.4 Å². The van der Waals surface area contributed by atoms with Gasteiger partial charge in [0.1, 0.15) is 6.04 Å². The molecular formula is C17H16N3O. The third kappa shape index (κ3) is 2.40. The van der Waals surface area contributed by atoms with E-state index >= 15 is 0 Å². The van der Waals surface area contributed by atoms with Crippen LogP contribution in [0.1, 0.15) is 11.1 Å². The number of fused-ring (bicyclic) bond motifs is 1. The van der Waals surface area contributed by atoms with Crippen molar-refractivity contribution >= 4 is 17.3 Å². The number of nitrogens with two attached hydrogens (primary N) is 1. The molecule has 2 aromatic rings. The first-order valence-corrected chi connectivity index (χ1v) is 6.81. The summed E-state index contributed by atoms with van der Waals surface area (Å²) < 4.78 is 0. The Hall–Kier alpha value is -2.62. The summed E-state index contributed by atoms with van der Waals surface area (Å²) in [5, 5.41) is 0. The fourth-order valence-electron chi connectivity index (χ4n) is 2.60. The topological polar surface area (TPSA) is 58.7 Å². The molecule has 21 heavy (non-hydrogen) atoms. The van der Waals surface area contributed by atoms with E-state index in [0.29, 0.717) is 6.54 Å². The van der Waals surface area contributed by atoms with Crippen molar-refractivity contribution in [3.63, 3.8) is 0 Å². The van der Waals surface area contributed by atoms with E-state index in [9.17, 15) is 4.79 Å². The highest BCUT2D eigenvalue weighted by atomic mass is 16.1. The number of benzene rings is 2. The molecule has 3 rings (SSSR count). The van der Waals surface area contributed by atoms with Crippen molar-refractivity contribution in [3.05, 3.63) is 65.7 Å². The van der Waals surface area contributed by atoms with Crippen LogP contribution in [0.5, 0.6) is 0 Å². The number of hydrogen-bond donors (Lipinski definition) is 1. The van der Waals surface area contributed by atoms with Gasteiger partial charge in [-0.3, -0.25) is 9.79 Å². The predicted octanol–water partition coefficient (Wildman–Crippen LogP) is 1.63. The molecule has 1 radical (unpaired) electrons. The lowest BCUT2D eigenvalue weighted by Crippen LogP contribution is -2.44. The molecule has 0 bridgehead atoms. The molecule has 105 valence electrons. The summed E-state index contributed by atoms with van der Waals surface area (Å²) in [5.74, 6) is -0.366. The number of benzodiazepines with no additional fused rings is 1. The second kappa shape index (κ2) is 5.40. The van der Waals surface area contributed by atoms with Crippen LogP contribution in [0.2, 0.25) is 0 Å². The Morgan fingerprint density at radius 1 is 1.33 bits per heavy atom. The van der Waals surface area contributed by atoms with Crippen molar-refractivity contribution in [2.45, 2.75) is 6.04 Å². The zero-order chi connectivity index (χ0) is 14.8. The van der Waals surface area contributed by atoms with Gasteiger partial charge in [0.25, 0.3) is 0 Å². The van der Waals surface area contributed by atoms with E-state index < -0.39 is 6.04 Å². The van der Waals surface area contributed by atoms with Crippen molar-refractivity contribution in [2.75, 3.05) is 18.5 Å². The molecule has 0 saturated carbocycles. The highest BCUT2D eigenvalue weighted by Gasteiger charge is 2.27. The molecule has 0 aliphatic carbocycles. The minimum atomic E-state index is -0.438. The molecule has 0 saturated heterocycles. The molecule has 0 spiro atoms. The number of primary amides is 1. The first kappa shape index (κ1) is 13.4. The van der Waals surface area contributed by atoms with E-state index in [-0.39, 0.29) is 5.91 Å². The minimum Gasteiger partial charge on any atom is -0.368 e. The summed E-state index contributed by atoms with van der Waals surface area (Å²) in [4.78, 5) is 18.2. The number of amides is 1. The largest absolute Gasteiger partial charge is 0.368 e. The van der Waals surface area contributed by atoms with Crippen LogP contribution in [0.15, 0.2) is 53.5 Å². The maximum Gasteiger partial charge on any atom is 0.242 e. The number of carbonyl (C=O) groups excluding carboxylic acids is 1. The molecule has 0 fully saturated rings. The lowest BCUT2D eigenvalue weighted by atomic mass is 10.0. The summed E-state index contributed by atoms with van der Waals surface area (Å²) in [6, 6.07) is 18.3. The fourth-order valence-corrected chi connectivity index (χ4v) is 2.60. The maximum atomic E-state index is 11.7. The Morgan fingerprint density at radius 3 is 2.81 bits per heavy atom. The van der Waals surface area contributed by atoms with Crippen molar-refractivity contribution in [1.82, 2.24) is 0 Å². The highest BCUT2D eigenvalue weighted by molar-refractivity contribution is 6.16. The van der Waals surface area contributed by atoms with Crippen molar-refractivity contribution in [3.8, 4) is 0 Å². The molecule has 2 N–H and O–H groups in total. The Morgan fingerprint density at radius 2 is 2.10 bits per heavy atom. The van der Waals surface area contributed by atoms with Gasteiger partial charge in [-0.05, 0) is 18.2 Å². The zero-order valence-electron chi connectivity index (χ0n) is 11.8. The van der Waals surface area contributed by atoms with E-state index in [0.717, 1.165) is 22.5 Å². The van der Waals surface area contributed by atoms with Gasteiger partial charge in [0.2, 0.25) is 5.91 Å². The van der Waals surface area contributed by atoms with Gasteiger partial charge < -0.3 is 10.6 Å². The average molecular weight is 278 g/mol. The Balaban J connectivity index is 2.17. The zero-order valence-corrected chi connectivity index (χ0v) is 11.8. The summed E-state index contributed by atoms with van der Waals surface area (Å²) in [7, 11) is 1.87. The predicted molar refractivity (Wildman–Crippen MR) is 83.6 cm³/mol. The molecule has 4 heteroatoms. The second-order valence-corrected chi connectivity index (χ2v) is 5.03. The number of hydrogen-bond acceptors (Lipinski definition) is 3. The van der Waals surface area contributed by atoms with Crippen molar-refractivity contribution in [1.29, 1.82) is 0 Å². The number of carbonyl (C=O) groups is 1. The van der Waals surface area contributed by atoms with E-state index in [1.807, 2.05) is 60.5 Å². The normalized spacial score (nSPS) is 17.7. The standard InChI is InChI=1S/C17H16N3O/c1-20-14-10-6-5-9-13(14)16(12-7-3-2-4-8-12)19-11-15(20)17(18)21/h2-4,6-10,15H,11H2,1H3,(H2,18,21). The van der Waals surface area contributed by atoms with E-state index in [2.05, 4.69) is 11.1 Å². The summed E-state index contributed by atoms with van der Waals surface area (Å²) in [6.07, 6.45) is 0. The van der Waals surface area contributed by atoms with Crippen LogP contribution in [0.3, 0.4) is 0 Å². The average Bonchev–Trinajstić information content (AvgIpc) is 2.66. The molecule has 1 atom stereocenters.